The van der Waals surface area contributed by atoms with Crippen molar-refractivity contribution in [2.24, 2.45) is 5.92 Å². The van der Waals surface area contributed by atoms with Gasteiger partial charge in [0, 0.05) is 18.2 Å². The van der Waals surface area contributed by atoms with Crippen molar-refractivity contribution in [2.75, 3.05) is 5.32 Å². The number of amides is 1. The van der Waals surface area contributed by atoms with Crippen molar-refractivity contribution in [3.8, 4) is 0 Å². The Balaban J connectivity index is 1.98. The van der Waals surface area contributed by atoms with E-state index >= 15 is 0 Å². The fraction of sp³-hybridized carbons (Fsp3) is 0.455. The SMILES string of the molecule is O=C(CC1CC1)Nc1cnccc1CO. The molecule has 0 radical (unpaired) electrons. The zero-order valence-electron chi connectivity index (χ0n) is 8.44. The van der Waals surface area contributed by atoms with E-state index in [9.17, 15) is 4.79 Å². The second-order valence-electron chi connectivity index (χ2n) is 3.89. The Bertz CT molecular complexity index is 361. The lowest BCUT2D eigenvalue weighted by Crippen LogP contribution is -2.13. The molecule has 2 rings (SSSR count). The molecule has 4 heteroatoms. The lowest BCUT2D eigenvalue weighted by atomic mass is 10.2. The standard InChI is InChI=1S/C11H14N2O2/c14-7-9-3-4-12-6-10(9)13-11(15)5-8-1-2-8/h3-4,6,8,14H,1-2,5,7H2,(H,13,15). The van der Waals surface area contributed by atoms with Crippen molar-refractivity contribution in [3.05, 3.63) is 24.0 Å². The predicted octanol–water partition coefficient (Wildman–Crippen LogP) is 1.31. The summed E-state index contributed by atoms with van der Waals surface area (Å²) in [6, 6.07) is 1.70. The van der Waals surface area contributed by atoms with Gasteiger partial charge in [-0.3, -0.25) is 9.78 Å². The average molecular weight is 206 g/mol. The molecule has 80 valence electrons. The number of carbonyl (C=O) groups is 1. The normalized spacial score (nSPS) is 15.0. The second-order valence-corrected chi connectivity index (χ2v) is 3.89. The lowest BCUT2D eigenvalue weighted by Gasteiger charge is -2.07. The summed E-state index contributed by atoms with van der Waals surface area (Å²) in [5.74, 6) is 0.583. The largest absolute Gasteiger partial charge is 0.392 e. The van der Waals surface area contributed by atoms with Gasteiger partial charge in [-0.1, -0.05) is 0 Å². The number of pyridine rings is 1. The maximum atomic E-state index is 11.5. The number of hydrogen-bond donors (Lipinski definition) is 2. The van der Waals surface area contributed by atoms with Crippen LogP contribution in [-0.4, -0.2) is 16.0 Å². The topological polar surface area (TPSA) is 62.2 Å². The van der Waals surface area contributed by atoms with Gasteiger partial charge in [0.2, 0.25) is 5.91 Å². The summed E-state index contributed by atoms with van der Waals surface area (Å²) in [5.41, 5.74) is 1.32. The number of aromatic nitrogens is 1. The molecule has 0 saturated heterocycles. The zero-order valence-corrected chi connectivity index (χ0v) is 8.44. The van der Waals surface area contributed by atoms with Crippen molar-refractivity contribution in [1.82, 2.24) is 4.98 Å². The Kier molecular flexibility index (Phi) is 2.97. The van der Waals surface area contributed by atoms with Crippen molar-refractivity contribution in [1.29, 1.82) is 0 Å². The van der Waals surface area contributed by atoms with Gasteiger partial charge in [0.15, 0.2) is 0 Å². The molecule has 1 aliphatic rings. The third kappa shape index (κ3) is 2.76. The third-order valence-electron chi connectivity index (χ3n) is 2.53. The summed E-state index contributed by atoms with van der Waals surface area (Å²) in [6.07, 6.45) is 6.07. The molecule has 1 saturated carbocycles. The Morgan fingerprint density at radius 2 is 2.40 bits per heavy atom. The number of nitrogens with one attached hydrogen (secondary N) is 1. The molecule has 1 aromatic heterocycles. The van der Waals surface area contributed by atoms with E-state index in [1.165, 1.54) is 0 Å². The van der Waals surface area contributed by atoms with Crippen LogP contribution in [-0.2, 0) is 11.4 Å². The molecule has 15 heavy (non-hydrogen) atoms. The van der Waals surface area contributed by atoms with Crippen LogP contribution in [0.25, 0.3) is 0 Å². The molecule has 1 aliphatic carbocycles. The summed E-state index contributed by atoms with van der Waals surface area (Å²) in [5, 5.41) is 11.8. The number of hydrogen-bond acceptors (Lipinski definition) is 3. The number of carbonyl (C=O) groups excluding carboxylic acids is 1. The van der Waals surface area contributed by atoms with E-state index in [1.54, 1.807) is 18.5 Å². The van der Waals surface area contributed by atoms with Crippen LogP contribution in [0.2, 0.25) is 0 Å². The minimum Gasteiger partial charge on any atom is -0.392 e. The van der Waals surface area contributed by atoms with Crippen LogP contribution in [0.15, 0.2) is 18.5 Å². The van der Waals surface area contributed by atoms with Gasteiger partial charge in [-0.15, -0.1) is 0 Å². The fourth-order valence-corrected chi connectivity index (χ4v) is 1.46. The average Bonchev–Trinajstić information content (AvgIpc) is 3.02. The highest BCUT2D eigenvalue weighted by molar-refractivity contribution is 5.91. The first-order valence-corrected chi connectivity index (χ1v) is 5.13. The molecule has 0 spiro atoms. The third-order valence-corrected chi connectivity index (χ3v) is 2.53. The second kappa shape index (κ2) is 4.40. The maximum absolute atomic E-state index is 11.5. The molecule has 1 amide bonds. The summed E-state index contributed by atoms with van der Waals surface area (Å²) in [7, 11) is 0. The lowest BCUT2D eigenvalue weighted by molar-refractivity contribution is -0.116. The molecule has 0 bridgehead atoms. The number of anilines is 1. The van der Waals surface area contributed by atoms with Gasteiger partial charge in [0.05, 0.1) is 18.5 Å². The molecule has 4 nitrogen and oxygen atoms in total. The smallest absolute Gasteiger partial charge is 0.224 e. The van der Waals surface area contributed by atoms with Gasteiger partial charge in [0.25, 0.3) is 0 Å². The first-order valence-electron chi connectivity index (χ1n) is 5.13. The van der Waals surface area contributed by atoms with Gasteiger partial charge < -0.3 is 10.4 Å². The quantitative estimate of drug-likeness (QED) is 0.780. The summed E-state index contributed by atoms with van der Waals surface area (Å²) in [4.78, 5) is 15.4. The number of nitrogens with zero attached hydrogens (tertiary/aromatic N) is 1. The van der Waals surface area contributed by atoms with Crippen LogP contribution in [0.4, 0.5) is 5.69 Å². The molecular formula is C11H14N2O2. The van der Waals surface area contributed by atoms with Gasteiger partial charge >= 0.3 is 0 Å². The number of aliphatic hydroxyl groups is 1. The van der Waals surface area contributed by atoms with E-state index in [-0.39, 0.29) is 12.5 Å². The fourth-order valence-electron chi connectivity index (χ4n) is 1.46. The first-order chi connectivity index (χ1) is 7.29. The molecule has 0 aliphatic heterocycles. The molecule has 0 unspecified atom stereocenters. The van der Waals surface area contributed by atoms with E-state index < -0.39 is 0 Å². The summed E-state index contributed by atoms with van der Waals surface area (Å²) >= 11 is 0. The van der Waals surface area contributed by atoms with E-state index in [0.29, 0.717) is 23.6 Å². The molecule has 0 aromatic carbocycles. The molecular weight excluding hydrogens is 192 g/mol. The van der Waals surface area contributed by atoms with Crippen LogP contribution in [0, 0.1) is 5.92 Å². The Morgan fingerprint density at radius 3 is 3.07 bits per heavy atom. The summed E-state index contributed by atoms with van der Waals surface area (Å²) < 4.78 is 0. The highest BCUT2D eigenvalue weighted by atomic mass is 16.3. The van der Waals surface area contributed by atoms with E-state index in [1.807, 2.05) is 0 Å². The highest BCUT2D eigenvalue weighted by Crippen LogP contribution is 2.32. The molecule has 0 atom stereocenters. The van der Waals surface area contributed by atoms with Gasteiger partial charge in [-0.05, 0) is 24.8 Å². The minimum atomic E-state index is -0.0818. The van der Waals surface area contributed by atoms with Crippen molar-refractivity contribution in [3.63, 3.8) is 0 Å². The van der Waals surface area contributed by atoms with Crippen LogP contribution >= 0.6 is 0 Å². The molecule has 1 fully saturated rings. The molecule has 1 aromatic rings. The Hall–Kier alpha value is -1.42. The van der Waals surface area contributed by atoms with Crippen LogP contribution in [0.5, 0.6) is 0 Å². The van der Waals surface area contributed by atoms with E-state index in [4.69, 9.17) is 5.11 Å². The predicted molar refractivity (Wildman–Crippen MR) is 56.1 cm³/mol. The molecule has 1 heterocycles. The van der Waals surface area contributed by atoms with Gasteiger partial charge in [-0.2, -0.15) is 0 Å². The Morgan fingerprint density at radius 1 is 1.60 bits per heavy atom. The zero-order chi connectivity index (χ0) is 10.7. The van der Waals surface area contributed by atoms with Crippen LogP contribution < -0.4 is 5.32 Å². The number of aliphatic hydroxyl groups excluding tert-OH is 1. The molecule has 2 N–H and O–H groups in total. The maximum Gasteiger partial charge on any atom is 0.224 e. The Labute approximate surface area is 88.3 Å². The van der Waals surface area contributed by atoms with Gasteiger partial charge in [0.1, 0.15) is 0 Å². The highest BCUT2D eigenvalue weighted by Gasteiger charge is 2.24. The van der Waals surface area contributed by atoms with Crippen LogP contribution in [0.3, 0.4) is 0 Å². The van der Waals surface area contributed by atoms with Crippen LogP contribution in [0.1, 0.15) is 24.8 Å². The van der Waals surface area contributed by atoms with E-state index in [0.717, 1.165) is 12.8 Å². The van der Waals surface area contributed by atoms with Crippen molar-refractivity contribution >= 4 is 11.6 Å². The first kappa shape index (κ1) is 10.1. The number of rotatable bonds is 4. The minimum absolute atomic E-state index is 0.0141. The van der Waals surface area contributed by atoms with Gasteiger partial charge in [-0.25, -0.2) is 0 Å². The van der Waals surface area contributed by atoms with Crippen molar-refractivity contribution < 1.29 is 9.90 Å². The monoisotopic (exact) mass is 206 g/mol. The van der Waals surface area contributed by atoms with E-state index in [2.05, 4.69) is 10.3 Å². The van der Waals surface area contributed by atoms with Crippen molar-refractivity contribution in [2.45, 2.75) is 25.9 Å². The summed E-state index contributed by atoms with van der Waals surface area (Å²) in [6.45, 7) is -0.0818.